The molecular formula is C6H7NO4. The highest BCUT2D eigenvalue weighted by atomic mass is 16.4. The highest BCUT2D eigenvalue weighted by Crippen LogP contribution is 1.79. The molecular weight excluding hydrogens is 150 g/mol. The molecule has 0 saturated carbocycles. The zero-order valence-electron chi connectivity index (χ0n) is 5.56. The van der Waals surface area contributed by atoms with Gasteiger partial charge in [0.25, 0.3) is 0 Å². The number of hydrogen-bond acceptors (Lipinski definition) is 3. The van der Waals surface area contributed by atoms with E-state index in [9.17, 15) is 9.59 Å². The molecule has 0 aliphatic carbocycles. The molecule has 60 valence electrons. The predicted molar refractivity (Wildman–Crippen MR) is 35.5 cm³/mol. The molecule has 5 heteroatoms. The second kappa shape index (κ2) is 5.04. The summed E-state index contributed by atoms with van der Waals surface area (Å²) in [5, 5.41) is 7.52. The summed E-state index contributed by atoms with van der Waals surface area (Å²) in [7, 11) is 0. The van der Waals surface area contributed by atoms with Gasteiger partial charge >= 0.3 is 11.9 Å². The van der Waals surface area contributed by atoms with Gasteiger partial charge in [-0.2, -0.15) is 0 Å². The topological polar surface area (TPSA) is 93.5 Å². The molecule has 0 saturated heterocycles. The first kappa shape index (κ1) is 9.22. The van der Waals surface area contributed by atoms with Crippen molar-refractivity contribution in [3.8, 4) is 0 Å². The molecule has 1 heterocycles. The molecule has 0 aromatic carbocycles. The van der Waals surface area contributed by atoms with Crippen molar-refractivity contribution in [1.82, 2.24) is 0 Å². The van der Waals surface area contributed by atoms with Crippen LogP contribution >= 0.6 is 0 Å². The summed E-state index contributed by atoms with van der Waals surface area (Å²) in [6.07, 6.45) is 3.25. The number of carbonyl (C=O) groups excluding carboxylic acids is 1. The number of aliphatic carboxylic acids is 1. The summed E-state index contributed by atoms with van der Waals surface area (Å²) >= 11 is 0. The lowest BCUT2D eigenvalue weighted by Crippen LogP contribution is -2.21. The van der Waals surface area contributed by atoms with E-state index in [0.717, 1.165) is 0 Å². The molecule has 0 unspecified atom stereocenters. The highest BCUT2D eigenvalue weighted by molar-refractivity contribution is 6.30. The number of carboxylic acid groups (broad SMARTS) is 1. The van der Waals surface area contributed by atoms with Crippen LogP contribution in [0.4, 0.5) is 0 Å². The second-order valence-corrected chi connectivity index (χ2v) is 1.46. The molecule has 1 aromatic heterocycles. The lowest BCUT2D eigenvalue weighted by molar-refractivity contribution is -0.148. The molecule has 1 rings (SSSR count). The van der Waals surface area contributed by atoms with Crippen LogP contribution < -0.4 is 5.73 Å². The minimum atomic E-state index is -1.60. The van der Waals surface area contributed by atoms with E-state index in [2.05, 4.69) is 10.2 Å². The Morgan fingerprint density at radius 3 is 1.73 bits per heavy atom. The van der Waals surface area contributed by atoms with Gasteiger partial charge in [-0.25, -0.2) is 4.79 Å². The largest absolute Gasteiger partial charge is 0.474 e. The van der Waals surface area contributed by atoms with Gasteiger partial charge < -0.3 is 15.3 Å². The number of nitrogens with two attached hydrogens (primary N) is 1. The molecule has 1 aromatic rings. The van der Waals surface area contributed by atoms with Crippen molar-refractivity contribution in [2.45, 2.75) is 0 Å². The monoisotopic (exact) mass is 157 g/mol. The van der Waals surface area contributed by atoms with Crippen LogP contribution in [0.25, 0.3) is 0 Å². The van der Waals surface area contributed by atoms with Gasteiger partial charge in [0.2, 0.25) is 0 Å². The third kappa shape index (κ3) is 6.10. The molecule has 0 fully saturated rings. The smallest absolute Gasteiger partial charge is 0.394 e. The van der Waals surface area contributed by atoms with Gasteiger partial charge in [-0.15, -0.1) is 0 Å². The maximum absolute atomic E-state index is 9.32. The van der Waals surface area contributed by atoms with E-state index < -0.39 is 11.9 Å². The van der Waals surface area contributed by atoms with E-state index in [1.54, 1.807) is 12.5 Å². The van der Waals surface area contributed by atoms with Crippen LogP contribution in [0, 0.1) is 0 Å². The van der Waals surface area contributed by atoms with Gasteiger partial charge in [-0.1, -0.05) is 0 Å². The molecule has 1 amide bonds. The molecule has 0 bridgehead atoms. The summed E-state index contributed by atoms with van der Waals surface area (Å²) in [6, 6.07) is 3.67. The SMILES string of the molecule is NC(=O)C(=O)O.c1ccoc1. The van der Waals surface area contributed by atoms with Gasteiger partial charge in [-0.05, 0) is 12.1 Å². The van der Waals surface area contributed by atoms with Gasteiger partial charge in [0.15, 0.2) is 0 Å². The quantitative estimate of drug-likeness (QED) is 0.511. The minimum Gasteiger partial charge on any atom is -0.474 e. The number of primary amides is 1. The summed E-state index contributed by atoms with van der Waals surface area (Å²) in [5.74, 6) is -2.93. The normalized spacial score (nSPS) is 7.64. The van der Waals surface area contributed by atoms with E-state index in [1.165, 1.54) is 0 Å². The van der Waals surface area contributed by atoms with E-state index in [1.807, 2.05) is 12.1 Å². The fraction of sp³-hybridized carbons (Fsp3) is 0. The number of amides is 1. The van der Waals surface area contributed by atoms with Crippen molar-refractivity contribution in [2.75, 3.05) is 0 Å². The molecule has 5 nitrogen and oxygen atoms in total. The van der Waals surface area contributed by atoms with Gasteiger partial charge in [0, 0.05) is 0 Å². The van der Waals surface area contributed by atoms with E-state index in [4.69, 9.17) is 5.11 Å². The fourth-order valence-corrected chi connectivity index (χ4v) is 0.227. The third-order valence-electron chi connectivity index (χ3n) is 0.636. The zero-order valence-corrected chi connectivity index (χ0v) is 5.56. The van der Waals surface area contributed by atoms with E-state index in [-0.39, 0.29) is 0 Å². The van der Waals surface area contributed by atoms with Crippen molar-refractivity contribution in [3.05, 3.63) is 24.7 Å². The predicted octanol–water partition coefficient (Wildman–Crippen LogP) is -0.164. The van der Waals surface area contributed by atoms with Gasteiger partial charge in [0.05, 0.1) is 12.5 Å². The van der Waals surface area contributed by atoms with Crippen molar-refractivity contribution < 1.29 is 19.1 Å². The lowest BCUT2D eigenvalue weighted by atomic mass is 10.7. The number of hydrogen-bond donors (Lipinski definition) is 2. The lowest BCUT2D eigenvalue weighted by Gasteiger charge is -1.74. The fourth-order valence-electron chi connectivity index (χ4n) is 0.227. The Bertz CT molecular complexity index is 187. The molecule has 3 N–H and O–H groups in total. The summed E-state index contributed by atoms with van der Waals surface area (Å²) in [6.45, 7) is 0. The molecule has 0 aliphatic heterocycles. The maximum Gasteiger partial charge on any atom is 0.394 e. The molecule has 11 heavy (non-hydrogen) atoms. The first-order valence-electron chi connectivity index (χ1n) is 2.64. The number of carboxylic acids is 1. The van der Waals surface area contributed by atoms with Crippen molar-refractivity contribution in [3.63, 3.8) is 0 Å². The van der Waals surface area contributed by atoms with Crippen LogP contribution in [0.1, 0.15) is 0 Å². The Balaban J connectivity index is 0.000000183. The molecule has 0 radical (unpaired) electrons. The van der Waals surface area contributed by atoms with Crippen LogP contribution in [0.5, 0.6) is 0 Å². The molecule has 0 spiro atoms. The van der Waals surface area contributed by atoms with Crippen molar-refractivity contribution in [2.24, 2.45) is 5.73 Å². The highest BCUT2D eigenvalue weighted by Gasteiger charge is 2.00. The molecule has 0 atom stereocenters. The Kier molecular flexibility index (Phi) is 4.22. The zero-order chi connectivity index (χ0) is 8.69. The van der Waals surface area contributed by atoms with Crippen LogP contribution in [0.2, 0.25) is 0 Å². The van der Waals surface area contributed by atoms with Crippen LogP contribution in [0.15, 0.2) is 29.1 Å². The maximum atomic E-state index is 9.32. The Hall–Kier alpha value is -1.78. The number of carbonyl (C=O) groups is 2. The average Bonchev–Trinajstić information content (AvgIpc) is 2.41. The second-order valence-electron chi connectivity index (χ2n) is 1.46. The number of furan rings is 1. The Morgan fingerprint density at radius 1 is 1.27 bits per heavy atom. The Morgan fingerprint density at radius 2 is 1.64 bits per heavy atom. The summed E-state index contributed by atoms with van der Waals surface area (Å²) in [5.41, 5.74) is 4.20. The number of rotatable bonds is 0. The summed E-state index contributed by atoms with van der Waals surface area (Å²) < 4.78 is 4.58. The van der Waals surface area contributed by atoms with Gasteiger partial charge in [0.1, 0.15) is 0 Å². The van der Waals surface area contributed by atoms with Crippen LogP contribution in [-0.2, 0) is 9.59 Å². The van der Waals surface area contributed by atoms with Gasteiger partial charge in [-0.3, -0.25) is 4.79 Å². The van der Waals surface area contributed by atoms with E-state index in [0.29, 0.717) is 0 Å². The summed E-state index contributed by atoms with van der Waals surface area (Å²) in [4.78, 5) is 18.5. The first-order valence-corrected chi connectivity index (χ1v) is 2.64. The first-order chi connectivity index (χ1) is 5.14. The average molecular weight is 157 g/mol. The van der Waals surface area contributed by atoms with Crippen molar-refractivity contribution in [1.29, 1.82) is 0 Å². The Labute approximate surface area is 62.4 Å². The van der Waals surface area contributed by atoms with Crippen LogP contribution in [0.3, 0.4) is 0 Å². The molecule has 0 aliphatic rings. The third-order valence-corrected chi connectivity index (χ3v) is 0.636. The standard InChI is InChI=1S/C4H4O.C2H3NO3/c1-2-4-5-3-1;3-1(4)2(5)6/h1-4H;(H2,3,4)(H,5,6). The van der Waals surface area contributed by atoms with Crippen molar-refractivity contribution >= 4 is 11.9 Å². The van der Waals surface area contributed by atoms with E-state index >= 15 is 0 Å². The van der Waals surface area contributed by atoms with Crippen LogP contribution in [-0.4, -0.2) is 17.0 Å². The minimum absolute atomic E-state index is 1.32.